The van der Waals surface area contributed by atoms with Crippen LogP contribution in [0.3, 0.4) is 0 Å². The van der Waals surface area contributed by atoms with Crippen molar-refractivity contribution in [1.82, 2.24) is 0 Å². The van der Waals surface area contributed by atoms with E-state index in [-0.39, 0.29) is 12.4 Å². The Balaban J connectivity index is 2.17. The van der Waals surface area contributed by atoms with Crippen molar-refractivity contribution in [3.05, 3.63) is 63.6 Å². The summed E-state index contributed by atoms with van der Waals surface area (Å²) >= 11 is 11.8. The zero-order chi connectivity index (χ0) is 14.5. The molecule has 0 spiro atoms. The smallest absolute Gasteiger partial charge is 0.170 e. The number of hydrogen-bond acceptors (Lipinski definition) is 3. The molecule has 0 saturated carbocycles. The van der Waals surface area contributed by atoms with Gasteiger partial charge in [-0.2, -0.15) is 0 Å². The fraction of sp³-hybridized carbons (Fsp3) is 0.0714. The number of hydrogen-bond donors (Lipinski definition) is 2. The Bertz CT molecular complexity index is 645. The molecule has 0 atom stereocenters. The maximum absolute atomic E-state index is 8.75. The lowest BCUT2D eigenvalue weighted by Crippen LogP contribution is -2.16. The molecule has 4 nitrogen and oxygen atoms in total. The first-order chi connectivity index (χ1) is 9.61. The summed E-state index contributed by atoms with van der Waals surface area (Å²) < 4.78 is 5.63. The van der Waals surface area contributed by atoms with E-state index in [2.05, 4.69) is 5.16 Å². The number of benzene rings is 2. The minimum absolute atomic E-state index is 0.0401. The Morgan fingerprint density at radius 1 is 1.15 bits per heavy atom. The van der Waals surface area contributed by atoms with Crippen LogP contribution in [0.25, 0.3) is 0 Å². The average molecular weight is 311 g/mol. The second-order valence-electron chi connectivity index (χ2n) is 4.01. The van der Waals surface area contributed by atoms with Gasteiger partial charge in [-0.05, 0) is 12.1 Å². The quantitative estimate of drug-likeness (QED) is 0.392. The topological polar surface area (TPSA) is 67.8 Å². The Hall–Kier alpha value is -1.91. The maximum atomic E-state index is 8.75. The Labute approximate surface area is 126 Å². The van der Waals surface area contributed by atoms with Gasteiger partial charge in [-0.3, -0.25) is 0 Å². The lowest BCUT2D eigenvalue weighted by atomic mass is 10.1. The summed E-state index contributed by atoms with van der Waals surface area (Å²) in [6, 6.07) is 12.3. The molecule has 0 amide bonds. The van der Waals surface area contributed by atoms with Crippen molar-refractivity contribution in [2.75, 3.05) is 0 Å². The summed E-state index contributed by atoms with van der Waals surface area (Å²) in [6.45, 7) is 0.268. The Kier molecular flexibility index (Phi) is 4.71. The first-order valence-corrected chi connectivity index (χ1v) is 6.51. The van der Waals surface area contributed by atoms with Gasteiger partial charge in [-0.1, -0.05) is 52.6 Å². The molecule has 0 aliphatic rings. The van der Waals surface area contributed by atoms with Gasteiger partial charge in [0.1, 0.15) is 12.4 Å². The molecule has 3 N–H and O–H groups in total. The number of halogens is 2. The molecule has 2 rings (SSSR count). The van der Waals surface area contributed by atoms with Gasteiger partial charge in [0.2, 0.25) is 0 Å². The van der Waals surface area contributed by atoms with Crippen LogP contribution in [0.5, 0.6) is 5.75 Å². The molecule has 0 radical (unpaired) electrons. The van der Waals surface area contributed by atoms with Gasteiger partial charge < -0.3 is 15.7 Å². The highest BCUT2D eigenvalue weighted by Gasteiger charge is 2.07. The molecule has 104 valence electrons. The highest BCUT2D eigenvalue weighted by atomic mass is 35.5. The van der Waals surface area contributed by atoms with E-state index in [9.17, 15) is 0 Å². The Morgan fingerprint density at radius 3 is 2.60 bits per heavy atom. The third-order valence-corrected chi connectivity index (χ3v) is 3.43. The van der Waals surface area contributed by atoms with E-state index >= 15 is 0 Å². The van der Waals surface area contributed by atoms with E-state index in [1.807, 2.05) is 12.1 Å². The summed E-state index contributed by atoms with van der Waals surface area (Å²) in [6.07, 6.45) is 0. The molecular formula is C14H12Cl2N2O2. The van der Waals surface area contributed by atoms with Crippen LogP contribution in [0.4, 0.5) is 0 Å². The van der Waals surface area contributed by atoms with Crippen LogP contribution in [0.2, 0.25) is 10.0 Å². The van der Waals surface area contributed by atoms with Gasteiger partial charge in [0.25, 0.3) is 0 Å². The number of amidine groups is 1. The summed E-state index contributed by atoms with van der Waals surface area (Å²) in [5, 5.41) is 12.6. The molecule has 0 aliphatic carbocycles. The van der Waals surface area contributed by atoms with Gasteiger partial charge in [0.15, 0.2) is 5.84 Å². The standard InChI is InChI=1S/C14H12Cl2N2O2/c15-12-6-5-10(7-13(12)16)20-8-9-3-1-2-4-11(9)14(17)18-19/h1-7,19H,8H2,(H2,17,18). The highest BCUT2D eigenvalue weighted by Crippen LogP contribution is 2.27. The number of nitrogens with two attached hydrogens (primary N) is 1. The summed E-state index contributed by atoms with van der Waals surface area (Å²) in [7, 11) is 0. The first kappa shape index (κ1) is 14.5. The third kappa shape index (κ3) is 3.35. The number of oxime groups is 1. The minimum atomic E-state index is 0.0401. The molecule has 0 bridgehead atoms. The normalized spacial score (nSPS) is 11.4. The molecule has 0 fully saturated rings. The van der Waals surface area contributed by atoms with Gasteiger partial charge in [-0.15, -0.1) is 0 Å². The average Bonchev–Trinajstić information content (AvgIpc) is 2.48. The molecule has 6 heteroatoms. The van der Waals surface area contributed by atoms with E-state index in [1.54, 1.807) is 30.3 Å². The Morgan fingerprint density at radius 2 is 1.90 bits per heavy atom. The summed E-state index contributed by atoms with van der Waals surface area (Å²) in [4.78, 5) is 0. The number of ether oxygens (including phenoxy) is 1. The fourth-order valence-corrected chi connectivity index (χ4v) is 1.97. The number of nitrogens with zero attached hydrogens (tertiary/aromatic N) is 1. The van der Waals surface area contributed by atoms with Crippen LogP contribution in [0, 0.1) is 0 Å². The van der Waals surface area contributed by atoms with Crippen LogP contribution in [-0.2, 0) is 6.61 Å². The molecule has 2 aromatic rings. The maximum Gasteiger partial charge on any atom is 0.170 e. The lowest BCUT2D eigenvalue weighted by Gasteiger charge is -2.10. The molecule has 2 aromatic carbocycles. The van der Waals surface area contributed by atoms with E-state index in [0.29, 0.717) is 21.4 Å². The lowest BCUT2D eigenvalue weighted by molar-refractivity contribution is 0.305. The van der Waals surface area contributed by atoms with Crippen molar-refractivity contribution < 1.29 is 9.94 Å². The monoisotopic (exact) mass is 310 g/mol. The molecule has 0 aromatic heterocycles. The van der Waals surface area contributed by atoms with E-state index in [4.69, 9.17) is 38.9 Å². The van der Waals surface area contributed by atoms with Crippen molar-refractivity contribution in [3.8, 4) is 5.75 Å². The van der Waals surface area contributed by atoms with Gasteiger partial charge in [-0.25, -0.2) is 0 Å². The van der Waals surface area contributed by atoms with Crippen LogP contribution in [-0.4, -0.2) is 11.0 Å². The molecule has 0 aliphatic heterocycles. The van der Waals surface area contributed by atoms with E-state index in [1.165, 1.54) is 0 Å². The summed E-state index contributed by atoms with van der Waals surface area (Å²) in [5.74, 6) is 0.632. The zero-order valence-corrected chi connectivity index (χ0v) is 11.9. The second-order valence-corrected chi connectivity index (χ2v) is 4.82. The van der Waals surface area contributed by atoms with Crippen molar-refractivity contribution in [1.29, 1.82) is 0 Å². The summed E-state index contributed by atoms with van der Waals surface area (Å²) in [5.41, 5.74) is 7.03. The van der Waals surface area contributed by atoms with Crippen molar-refractivity contribution in [2.45, 2.75) is 6.61 Å². The van der Waals surface area contributed by atoms with Crippen LogP contribution in [0.15, 0.2) is 47.6 Å². The van der Waals surface area contributed by atoms with Crippen molar-refractivity contribution in [3.63, 3.8) is 0 Å². The molecule has 0 saturated heterocycles. The van der Waals surface area contributed by atoms with Crippen molar-refractivity contribution >= 4 is 29.0 Å². The van der Waals surface area contributed by atoms with E-state index in [0.717, 1.165) is 5.56 Å². The SMILES string of the molecule is N/C(=N\O)c1ccccc1COc1ccc(Cl)c(Cl)c1. The predicted molar refractivity (Wildman–Crippen MR) is 79.7 cm³/mol. The first-order valence-electron chi connectivity index (χ1n) is 5.75. The van der Waals surface area contributed by atoms with Crippen LogP contribution < -0.4 is 10.5 Å². The zero-order valence-electron chi connectivity index (χ0n) is 10.4. The second kappa shape index (κ2) is 6.50. The van der Waals surface area contributed by atoms with Gasteiger partial charge in [0, 0.05) is 17.2 Å². The largest absolute Gasteiger partial charge is 0.489 e. The van der Waals surface area contributed by atoms with Gasteiger partial charge in [0.05, 0.1) is 10.0 Å². The van der Waals surface area contributed by atoms with Crippen LogP contribution >= 0.6 is 23.2 Å². The minimum Gasteiger partial charge on any atom is -0.489 e. The van der Waals surface area contributed by atoms with Crippen molar-refractivity contribution in [2.24, 2.45) is 10.9 Å². The highest BCUT2D eigenvalue weighted by molar-refractivity contribution is 6.42. The van der Waals surface area contributed by atoms with Crippen LogP contribution in [0.1, 0.15) is 11.1 Å². The number of rotatable bonds is 4. The molecule has 0 unspecified atom stereocenters. The fourth-order valence-electron chi connectivity index (χ4n) is 1.68. The molecule has 0 heterocycles. The van der Waals surface area contributed by atoms with Gasteiger partial charge >= 0.3 is 0 Å². The molecule has 20 heavy (non-hydrogen) atoms. The third-order valence-electron chi connectivity index (χ3n) is 2.69. The molecular weight excluding hydrogens is 299 g/mol. The van der Waals surface area contributed by atoms with E-state index < -0.39 is 0 Å². The predicted octanol–water partition coefficient (Wildman–Crippen LogP) is 3.67.